The van der Waals surface area contributed by atoms with Crippen LogP contribution in [0.25, 0.3) is 11.3 Å². The molecule has 0 amide bonds. The van der Waals surface area contributed by atoms with Gasteiger partial charge in [-0.1, -0.05) is 0 Å². The summed E-state index contributed by atoms with van der Waals surface area (Å²) in [6, 6.07) is 3.16. The highest BCUT2D eigenvalue weighted by Gasteiger charge is 2.09. The van der Waals surface area contributed by atoms with Gasteiger partial charge in [0.2, 0.25) is 0 Å². The summed E-state index contributed by atoms with van der Waals surface area (Å²) in [6.07, 6.45) is 1.35. The standard InChI is InChI=1S/C10H8F2N2O/c11-6-1-2-8(12)7(3-6)9-4-13-10(5-15)14-9/h1-4,15H,5H2,(H,13,14). The summed E-state index contributed by atoms with van der Waals surface area (Å²) in [7, 11) is 0. The van der Waals surface area contributed by atoms with E-state index in [9.17, 15) is 8.78 Å². The van der Waals surface area contributed by atoms with E-state index in [-0.39, 0.29) is 12.2 Å². The number of benzene rings is 1. The van der Waals surface area contributed by atoms with Crippen molar-refractivity contribution in [2.75, 3.05) is 0 Å². The molecule has 0 saturated heterocycles. The molecule has 0 saturated carbocycles. The number of aromatic amines is 1. The molecule has 0 fully saturated rings. The van der Waals surface area contributed by atoms with Gasteiger partial charge in [0.25, 0.3) is 0 Å². The summed E-state index contributed by atoms with van der Waals surface area (Å²) in [4.78, 5) is 6.47. The van der Waals surface area contributed by atoms with Crippen LogP contribution in [-0.4, -0.2) is 15.1 Å². The number of nitrogens with zero attached hydrogens (tertiary/aromatic N) is 1. The highest BCUT2D eigenvalue weighted by atomic mass is 19.1. The number of H-pyrrole nitrogens is 1. The van der Waals surface area contributed by atoms with Crippen molar-refractivity contribution < 1.29 is 13.9 Å². The third kappa shape index (κ3) is 1.87. The van der Waals surface area contributed by atoms with Crippen molar-refractivity contribution in [3.8, 4) is 11.3 Å². The van der Waals surface area contributed by atoms with Crippen LogP contribution in [0, 0.1) is 11.6 Å². The van der Waals surface area contributed by atoms with Crippen molar-refractivity contribution in [1.82, 2.24) is 9.97 Å². The van der Waals surface area contributed by atoms with Crippen LogP contribution in [0.1, 0.15) is 5.82 Å². The number of aromatic nitrogens is 2. The van der Waals surface area contributed by atoms with E-state index in [0.29, 0.717) is 11.5 Å². The van der Waals surface area contributed by atoms with Gasteiger partial charge in [-0.2, -0.15) is 0 Å². The largest absolute Gasteiger partial charge is 0.388 e. The molecule has 5 heteroatoms. The average Bonchev–Trinajstić information content (AvgIpc) is 2.70. The first-order valence-electron chi connectivity index (χ1n) is 4.31. The molecule has 0 radical (unpaired) electrons. The second-order valence-corrected chi connectivity index (χ2v) is 3.03. The van der Waals surface area contributed by atoms with Crippen LogP contribution in [-0.2, 0) is 6.61 Å². The van der Waals surface area contributed by atoms with Gasteiger partial charge in [0, 0.05) is 5.56 Å². The van der Waals surface area contributed by atoms with Crippen LogP contribution in [0.2, 0.25) is 0 Å². The Bertz CT molecular complexity index is 482. The van der Waals surface area contributed by atoms with Crippen LogP contribution in [0.15, 0.2) is 24.4 Å². The average molecular weight is 210 g/mol. The quantitative estimate of drug-likeness (QED) is 0.794. The number of hydrogen-bond donors (Lipinski definition) is 2. The fourth-order valence-corrected chi connectivity index (χ4v) is 1.28. The predicted molar refractivity (Wildman–Crippen MR) is 49.9 cm³/mol. The molecule has 2 N–H and O–H groups in total. The first-order valence-corrected chi connectivity index (χ1v) is 4.31. The van der Waals surface area contributed by atoms with Crippen molar-refractivity contribution in [2.45, 2.75) is 6.61 Å². The van der Waals surface area contributed by atoms with Gasteiger partial charge < -0.3 is 10.1 Å². The lowest BCUT2D eigenvalue weighted by Crippen LogP contribution is -1.88. The Balaban J connectivity index is 2.48. The molecule has 0 aliphatic rings. The van der Waals surface area contributed by atoms with Crippen LogP contribution < -0.4 is 0 Å². The number of rotatable bonds is 2. The normalized spacial score (nSPS) is 10.6. The number of hydrogen-bond acceptors (Lipinski definition) is 2. The van der Waals surface area contributed by atoms with Gasteiger partial charge in [0.15, 0.2) is 0 Å². The molecule has 1 heterocycles. The molecular formula is C10H8F2N2O. The summed E-state index contributed by atoms with van der Waals surface area (Å²) >= 11 is 0. The number of nitrogens with one attached hydrogen (secondary N) is 1. The summed E-state index contributed by atoms with van der Waals surface area (Å²) in [6.45, 7) is -0.267. The lowest BCUT2D eigenvalue weighted by atomic mass is 10.1. The van der Waals surface area contributed by atoms with Crippen molar-refractivity contribution in [3.63, 3.8) is 0 Å². The molecule has 78 valence electrons. The van der Waals surface area contributed by atoms with Crippen molar-refractivity contribution in [1.29, 1.82) is 0 Å². The molecule has 0 atom stereocenters. The van der Waals surface area contributed by atoms with E-state index in [4.69, 9.17) is 5.11 Å². The highest BCUT2D eigenvalue weighted by Crippen LogP contribution is 2.21. The zero-order valence-corrected chi connectivity index (χ0v) is 7.67. The highest BCUT2D eigenvalue weighted by molar-refractivity contribution is 5.59. The third-order valence-electron chi connectivity index (χ3n) is 2.00. The maximum atomic E-state index is 13.3. The fourth-order valence-electron chi connectivity index (χ4n) is 1.28. The smallest absolute Gasteiger partial charge is 0.132 e. The maximum Gasteiger partial charge on any atom is 0.132 e. The molecule has 0 spiro atoms. The van der Waals surface area contributed by atoms with Crippen molar-refractivity contribution >= 4 is 0 Å². The van der Waals surface area contributed by atoms with E-state index in [2.05, 4.69) is 9.97 Å². The summed E-state index contributed by atoms with van der Waals surface area (Å²) in [5, 5.41) is 8.76. The molecule has 1 aromatic heterocycles. The monoisotopic (exact) mass is 210 g/mol. The molecule has 0 unspecified atom stereocenters. The lowest BCUT2D eigenvalue weighted by Gasteiger charge is -1.99. The van der Waals surface area contributed by atoms with E-state index in [1.165, 1.54) is 6.20 Å². The zero-order valence-electron chi connectivity index (χ0n) is 7.67. The van der Waals surface area contributed by atoms with Crippen molar-refractivity contribution in [2.24, 2.45) is 0 Å². The molecule has 0 aliphatic carbocycles. The predicted octanol–water partition coefficient (Wildman–Crippen LogP) is 1.85. The molecule has 3 nitrogen and oxygen atoms in total. The van der Waals surface area contributed by atoms with E-state index in [1.807, 2.05) is 0 Å². The zero-order chi connectivity index (χ0) is 10.8. The Morgan fingerprint density at radius 3 is 2.80 bits per heavy atom. The van der Waals surface area contributed by atoms with Crippen LogP contribution >= 0.6 is 0 Å². The Labute approximate surface area is 84.4 Å². The molecule has 0 bridgehead atoms. The Morgan fingerprint density at radius 2 is 2.13 bits per heavy atom. The minimum atomic E-state index is -0.537. The van der Waals surface area contributed by atoms with E-state index in [1.54, 1.807) is 0 Å². The second kappa shape index (κ2) is 3.78. The van der Waals surface area contributed by atoms with Gasteiger partial charge in [0.1, 0.15) is 24.1 Å². The van der Waals surface area contributed by atoms with E-state index in [0.717, 1.165) is 18.2 Å². The SMILES string of the molecule is OCc1ncc(-c2cc(F)ccc2F)[nH]1. The van der Waals surface area contributed by atoms with E-state index < -0.39 is 11.6 Å². The fraction of sp³-hybridized carbons (Fsp3) is 0.100. The molecule has 15 heavy (non-hydrogen) atoms. The summed E-state index contributed by atoms with van der Waals surface area (Å²) in [5.74, 6) is -0.746. The third-order valence-corrected chi connectivity index (χ3v) is 2.00. The second-order valence-electron chi connectivity index (χ2n) is 3.03. The van der Waals surface area contributed by atoms with Gasteiger partial charge in [0.05, 0.1) is 11.9 Å². The van der Waals surface area contributed by atoms with Crippen LogP contribution in [0.4, 0.5) is 8.78 Å². The molecule has 0 aliphatic heterocycles. The van der Waals surface area contributed by atoms with Crippen LogP contribution in [0.3, 0.4) is 0 Å². The Kier molecular flexibility index (Phi) is 2.47. The van der Waals surface area contributed by atoms with Gasteiger partial charge in [-0.25, -0.2) is 13.8 Å². The maximum absolute atomic E-state index is 13.3. The minimum absolute atomic E-state index is 0.0993. The van der Waals surface area contributed by atoms with E-state index >= 15 is 0 Å². The molecular weight excluding hydrogens is 202 g/mol. The number of imidazole rings is 1. The Morgan fingerprint density at radius 1 is 1.33 bits per heavy atom. The lowest BCUT2D eigenvalue weighted by molar-refractivity contribution is 0.272. The first-order chi connectivity index (χ1) is 7.20. The summed E-state index contributed by atoms with van der Waals surface area (Å²) < 4.78 is 26.2. The number of aliphatic hydroxyl groups excluding tert-OH is 1. The Hall–Kier alpha value is -1.75. The molecule has 1 aromatic carbocycles. The first kappa shape index (κ1) is 9.79. The van der Waals surface area contributed by atoms with Gasteiger partial charge in [-0.05, 0) is 18.2 Å². The molecule has 2 rings (SSSR count). The van der Waals surface area contributed by atoms with Gasteiger partial charge >= 0.3 is 0 Å². The van der Waals surface area contributed by atoms with Crippen LogP contribution in [0.5, 0.6) is 0 Å². The van der Waals surface area contributed by atoms with Gasteiger partial charge in [-0.15, -0.1) is 0 Å². The summed E-state index contributed by atoms with van der Waals surface area (Å²) in [5.41, 5.74) is 0.443. The molecule has 2 aromatic rings. The number of aliphatic hydroxyl groups is 1. The van der Waals surface area contributed by atoms with Gasteiger partial charge in [-0.3, -0.25) is 0 Å². The minimum Gasteiger partial charge on any atom is -0.388 e. The topological polar surface area (TPSA) is 48.9 Å². The number of halogens is 2. The van der Waals surface area contributed by atoms with Crippen molar-refractivity contribution in [3.05, 3.63) is 41.9 Å².